The van der Waals surface area contributed by atoms with Crippen molar-refractivity contribution in [2.24, 2.45) is 0 Å². The lowest BCUT2D eigenvalue weighted by molar-refractivity contribution is 0.0604. The first-order valence-electron chi connectivity index (χ1n) is 12.6. The molecule has 4 nitrogen and oxygen atoms in total. The minimum Gasteiger partial charge on any atom is -0.496 e. The third-order valence-electron chi connectivity index (χ3n) is 7.33. The second-order valence-corrected chi connectivity index (χ2v) is 10.9. The molecule has 1 fully saturated rings. The summed E-state index contributed by atoms with van der Waals surface area (Å²) in [6, 6.07) is 20.8. The van der Waals surface area contributed by atoms with Crippen molar-refractivity contribution < 1.29 is 13.9 Å². The summed E-state index contributed by atoms with van der Waals surface area (Å²) in [6.07, 6.45) is 3.86. The maximum Gasteiger partial charge on any atom is 0.266 e. The van der Waals surface area contributed by atoms with Crippen LogP contribution in [-0.4, -0.2) is 37.0 Å². The molecule has 0 radical (unpaired) electrons. The first-order chi connectivity index (χ1) is 18.0. The second kappa shape index (κ2) is 11.2. The number of rotatable bonds is 7. The Balaban J connectivity index is 1.52. The number of ether oxygens (including phenoxy) is 1. The molecule has 37 heavy (non-hydrogen) atoms. The van der Waals surface area contributed by atoms with Crippen molar-refractivity contribution >= 4 is 38.9 Å². The van der Waals surface area contributed by atoms with E-state index in [-0.39, 0.29) is 17.8 Å². The molecular formula is C30H30ClFN2O2S. The summed E-state index contributed by atoms with van der Waals surface area (Å²) in [5.74, 6) is 0.398. The average Bonchev–Trinajstić information content (AvgIpc) is 3.28. The van der Waals surface area contributed by atoms with E-state index in [0.717, 1.165) is 58.2 Å². The highest BCUT2D eigenvalue weighted by atomic mass is 35.5. The number of methoxy groups -OCH3 is 1. The lowest BCUT2D eigenvalue weighted by atomic mass is 9.89. The van der Waals surface area contributed by atoms with Crippen LogP contribution in [0.15, 0.2) is 66.7 Å². The highest BCUT2D eigenvalue weighted by Crippen LogP contribution is 2.38. The van der Waals surface area contributed by atoms with E-state index in [9.17, 15) is 9.18 Å². The van der Waals surface area contributed by atoms with Gasteiger partial charge in [-0.25, -0.2) is 4.39 Å². The van der Waals surface area contributed by atoms with E-state index in [1.54, 1.807) is 19.2 Å². The van der Waals surface area contributed by atoms with Gasteiger partial charge in [-0.05, 0) is 74.2 Å². The van der Waals surface area contributed by atoms with Crippen LogP contribution >= 0.6 is 22.9 Å². The van der Waals surface area contributed by atoms with Crippen molar-refractivity contribution in [2.75, 3.05) is 14.2 Å². The van der Waals surface area contributed by atoms with E-state index in [1.807, 2.05) is 54.4 Å². The number of carbonyl (C=O) groups is 1. The summed E-state index contributed by atoms with van der Waals surface area (Å²) < 4.78 is 20.2. The number of nitrogens with zero attached hydrogens (tertiary/aromatic N) is 1. The Morgan fingerprint density at radius 3 is 2.43 bits per heavy atom. The number of hydrogen-bond donors (Lipinski definition) is 1. The van der Waals surface area contributed by atoms with Gasteiger partial charge < -0.3 is 15.0 Å². The molecular weight excluding hydrogens is 507 g/mol. The van der Waals surface area contributed by atoms with Crippen LogP contribution in [0.1, 0.15) is 40.9 Å². The highest BCUT2D eigenvalue weighted by molar-refractivity contribution is 7.21. The van der Waals surface area contributed by atoms with Crippen LogP contribution in [0.4, 0.5) is 4.39 Å². The molecule has 0 saturated heterocycles. The van der Waals surface area contributed by atoms with Gasteiger partial charge in [-0.1, -0.05) is 48.0 Å². The van der Waals surface area contributed by atoms with Gasteiger partial charge in [-0.15, -0.1) is 11.3 Å². The summed E-state index contributed by atoms with van der Waals surface area (Å²) in [7, 11) is 3.64. The molecule has 1 heterocycles. The van der Waals surface area contributed by atoms with Gasteiger partial charge in [0.1, 0.15) is 16.4 Å². The minimum absolute atomic E-state index is 0.0478. The van der Waals surface area contributed by atoms with Crippen molar-refractivity contribution in [3.05, 3.63) is 88.0 Å². The third-order valence-corrected chi connectivity index (χ3v) is 9.00. The summed E-state index contributed by atoms with van der Waals surface area (Å²) in [5, 5.41) is 4.81. The number of hydrogen-bond acceptors (Lipinski definition) is 4. The number of amides is 1. The molecule has 0 aliphatic heterocycles. The van der Waals surface area contributed by atoms with Gasteiger partial charge in [-0.3, -0.25) is 4.79 Å². The molecule has 0 unspecified atom stereocenters. The normalized spacial score (nSPS) is 17.6. The number of carbonyl (C=O) groups excluding carboxylic acids is 1. The fourth-order valence-corrected chi connectivity index (χ4v) is 6.70. The van der Waals surface area contributed by atoms with Crippen molar-refractivity contribution in [1.29, 1.82) is 0 Å². The van der Waals surface area contributed by atoms with Crippen LogP contribution in [0.3, 0.4) is 0 Å². The number of fused-ring (bicyclic) bond motifs is 1. The molecule has 0 spiro atoms. The van der Waals surface area contributed by atoms with Crippen molar-refractivity contribution in [3.8, 4) is 16.9 Å². The lowest BCUT2D eigenvalue weighted by Gasteiger charge is -2.37. The quantitative estimate of drug-likeness (QED) is 0.265. The van der Waals surface area contributed by atoms with Gasteiger partial charge in [0.15, 0.2) is 0 Å². The van der Waals surface area contributed by atoms with Gasteiger partial charge in [0.25, 0.3) is 5.91 Å². The van der Waals surface area contributed by atoms with Crippen LogP contribution in [0.2, 0.25) is 5.02 Å². The molecule has 1 amide bonds. The van der Waals surface area contributed by atoms with Crippen LogP contribution in [-0.2, 0) is 6.54 Å². The Kier molecular flexibility index (Phi) is 7.79. The molecule has 1 saturated carbocycles. The first kappa shape index (κ1) is 25.7. The smallest absolute Gasteiger partial charge is 0.266 e. The molecule has 4 aromatic rings. The lowest BCUT2D eigenvalue weighted by Crippen LogP contribution is -2.44. The molecule has 5 rings (SSSR count). The predicted molar refractivity (Wildman–Crippen MR) is 150 cm³/mol. The van der Waals surface area contributed by atoms with Gasteiger partial charge in [0.2, 0.25) is 0 Å². The van der Waals surface area contributed by atoms with E-state index in [1.165, 1.54) is 23.5 Å². The number of benzene rings is 3. The second-order valence-electron chi connectivity index (χ2n) is 9.50. The largest absolute Gasteiger partial charge is 0.496 e. The first-order valence-corrected chi connectivity index (χ1v) is 13.8. The fraction of sp³-hybridized carbons (Fsp3) is 0.300. The highest BCUT2D eigenvalue weighted by Gasteiger charge is 2.32. The fourth-order valence-electron chi connectivity index (χ4n) is 5.23. The van der Waals surface area contributed by atoms with E-state index < -0.39 is 0 Å². The van der Waals surface area contributed by atoms with Crippen molar-refractivity contribution in [1.82, 2.24) is 10.2 Å². The molecule has 1 N–H and O–H groups in total. The Morgan fingerprint density at radius 2 is 1.76 bits per heavy atom. The topological polar surface area (TPSA) is 41.6 Å². The molecule has 7 heteroatoms. The molecule has 1 aliphatic rings. The molecule has 192 valence electrons. The SMILES string of the molecule is CN[C@H]1CC[C@@H](N(Cc2cc(-c3ccc(F)cc3)ccc2OC)C(=O)c2sc3ccccc3c2Cl)CC1. The zero-order valence-corrected chi connectivity index (χ0v) is 22.5. The standard InChI is InChI=1S/C30H30ClFN2O2S/c1-33-23-12-14-24(15-13-23)34(30(35)29-28(31)25-5-3-4-6-27(25)37-29)18-21-17-20(9-16-26(21)36-2)19-7-10-22(32)11-8-19/h3-11,16-17,23-24,33H,12-15,18H2,1-2H3/t23-,24+. The van der Waals surface area contributed by atoms with Gasteiger partial charge in [0, 0.05) is 34.3 Å². The van der Waals surface area contributed by atoms with Gasteiger partial charge in [0.05, 0.1) is 12.1 Å². The molecule has 3 aromatic carbocycles. The molecule has 0 bridgehead atoms. The van der Waals surface area contributed by atoms with Crippen LogP contribution in [0.25, 0.3) is 21.2 Å². The maximum atomic E-state index is 14.1. The monoisotopic (exact) mass is 536 g/mol. The van der Waals surface area contributed by atoms with Crippen LogP contribution < -0.4 is 10.1 Å². The van der Waals surface area contributed by atoms with Gasteiger partial charge >= 0.3 is 0 Å². The Morgan fingerprint density at radius 1 is 1.05 bits per heavy atom. The summed E-state index contributed by atoms with van der Waals surface area (Å²) in [5.41, 5.74) is 2.76. The average molecular weight is 537 g/mol. The van der Waals surface area contributed by atoms with Crippen LogP contribution in [0.5, 0.6) is 5.75 Å². The summed E-state index contributed by atoms with van der Waals surface area (Å²) in [6.45, 7) is 0.399. The minimum atomic E-state index is -0.272. The zero-order chi connectivity index (χ0) is 25.9. The Hall–Kier alpha value is -2.93. The zero-order valence-electron chi connectivity index (χ0n) is 21.0. The van der Waals surface area contributed by atoms with Crippen LogP contribution in [0, 0.1) is 5.82 Å². The van der Waals surface area contributed by atoms with Gasteiger partial charge in [-0.2, -0.15) is 0 Å². The third kappa shape index (κ3) is 5.37. The summed E-state index contributed by atoms with van der Waals surface area (Å²) in [4.78, 5) is 16.7. The molecule has 1 aliphatic carbocycles. The van der Waals surface area contributed by atoms with E-state index in [2.05, 4.69) is 5.32 Å². The number of halogens is 2. The Labute approximate surface area is 226 Å². The number of thiophene rings is 1. The Bertz CT molecular complexity index is 1400. The molecule has 0 atom stereocenters. The number of nitrogens with one attached hydrogen (secondary N) is 1. The van der Waals surface area contributed by atoms with E-state index in [4.69, 9.17) is 16.3 Å². The predicted octanol–water partition coefficient (Wildman–Crippen LogP) is 7.54. The maximum absolute atomic E-state index is 14.1. The van der Waals surface area contributed by atoms with Crippen molar-refractivity contribution in [3.63, 3.8) is 0 Å². The van der Waals surface area contributed by atoms with E-state index >= 15 is 0 Å². The molecule has 1 aromatic heterocycles. The van der Waals surface area contributed by atoms with E-state index in [0.29, 0.717) is 22.5 Å². The van der Waals surface area contributed by atoms with Crippen molar-refractivity contribution in [2.45, 2.75) is 44.3 Å². The summed E-state index contributed by atoms with van der Waals surface area (Å²) >= 11 is 8.21.